The second kappa shape index (κ2) is 4.41. The fourth-order valence-electron chi connectivity index (χ4n) is 2.52. The topological polar surface area (TPSA) is 29.0 Å². The summed E-state index contributed by atoms with van der Waals surface area (Å²) in [6.45, 7) is 2.09. The minimum Gasteiger partial charge on any atom is -0.314 e. The van der Waals surface area contributed by atoms with Crippen molar-refractivity contribution in [1.82, 2.24) is 9.97 Å². The Balaban J connectivity index is 2.00. The minimum absolute atomic E-state index is 0.805. The van der Waals surface area contributed by atoms with E-state index >= 15 is 0 Å². The predicted molar refractivity (Wildman–Crippen MR) is 73.3 cm³/mol. The molecular formula is C15H17N3. The largest absolute Gasteiger partial charge is 0.314 e. The van der Waals surface area contributed by atoms with Gasteiger partial charge in [0.05, 0.1) is 0 Å². The third kappa shape index (κ3) is 1.86. The summed E-state index contributed by atoms with van der Waals surface area (Å²) in [6.07, 6.45) is 3.44. The van der Waals surface area contributed by atoms with Gasteiger partial charge in [-0.15, -0.1) is 0 Å². The Hall–Kier alpha value is -1.90. The maximum Gasteiger partial charge on any atom is 0.230 e. The van der Waals surface area contributed by atoms with Crippen LogP contribution in [0.2, 0.25) is 0 Å². The third-order valence-corrected chi connectivity index (χ3v) is 3.57. The normalized spacial score (nSPS) is 13.4. The van der Waals surface area contributed by atoms with Gasteiger partial charge in [0.25, 0.3) is 0 Å². The molecule has 1 aromatic carbocycles. The number of benzene rings is 1. The number of aryl methyl sites for hydroxylation is 2. The molecule has 0 saturated heterocycles. The standard InChI is InChI=1S/C15H17N3/c1-11-13-9-6-10-14(13)17-15(16-11)18(2)12-7-4-3-5-8-12/h3-5,7-8H,6,9-10H2,1-2H3. The molecule has 0 bridgehead atoms. The lowest BCUT2D eigenvalue weighted by molar-refractivity contribution is 0.897. The molecule has 0 amide bonds. The molecule has 3 nitrogen and oxygen atoms in total. The van der Waals surface area contributed by atoms with Crippen molar-refractivity contribution in [3.63, 3.8) is 0 Å². The summed E-state index contributed by atoms with van der Waals surface area (Å²) in [7, 11) is 2.02. The van der Waals surface area contributed by atoms with Crippen LogP contribution in [0, 0.1) is 6.92 Å². The van der Waals surface area contributed by atoms with Gasteiger partial charge in [-0.05, 0) is 43.9 Å². The van der Waals surface area contributed by atoms with Crippen LogP contribution in [0.3, 0.4) is 0 Å². The van der Waals surface area contributed by atoms with Crippen LogP contribution in [0.15, 0.2) is 30.3 Å². The summed E-state index contributed by atoms with van der Waals surface area (Å²) in [5, 5.41) is 0. The van der Waals surface area contributed by atoms with Crippen molar-refractivity contribution in [3.8, 4) is 0 Å². The molecule has 0 atom stereocenters. The number of anilines is 2. The molecule has 3 rings (SSSR count). The summed E-state index contributed by atoms with van der Waals surface area (Å²) in [6, 6.07) is 10.2. The van der Waals surface area contributed by atoms with E-state index in [1.807, 2.05) is 30.1 Å². The van der Waals surface area contributed by atoms with Gasteiger partial charge >= 0.3 is 0 Å². The number of aromatic nitrogens is 2. The van der Waals surface area contributed by atoms with E-state index in [1.165, 1.54) is 17.7 Å². The van der Waals surface area contributed by atoms with E-state index in [4.69, 9.17) is 4.98 Å². The molecule has 3 heteroatoms. The first kappa shape index (κ1) is 11.2. The van der Waals surface area contributed by atoms with Gasteiger partial charge in [0.1, 0.15) is 0 Å². The predicted octanol–water partition coefficient (Wildman–Crippen LogP) is 3.04. The lowest BCUT2D eigenvalue weighted by Gasteiger charge is -2.18. The van der Waals surface area contributed by atoms with Crippen LogP contribution < -0.4 is 4.90 Å². The van der Waals surface area contributed by atoms with Crippen molar-refractivity contribution in [3.05, 3.63) is 47.3 Å². The lowest BCUT2D eigenvalue weighted by atomic mass is 10.2. The van der Waals surface area contributed by atoms with E-state index in [-0.39, 0.29) is 0 Å². The molecule has 1 aliphatic carbocycles. The molecule has 1 aromatic heterocycles. The van der Waals surface area contributed by atoms with E-state index < -0.39 is 0 Å². The lowest BCUT2D eigenvalue weighted by Crippen LogP contribution is -2.15. The number of nitrogens with zero attached hydrogens (tertiary/aromatic N) is 3. The van der Waals surface area contributed by atoms with Crippen molar-refractivity contribution in [1.29, 1.82) is 0 Å². The Morgan fingerprint density at radius 1 is 1.06 bits per heavy atom. The van der Waals surface area contributed by atoms with Crippen molar-refractivity contribution >= 4 is 11.6 Å². The Labute approximate surface area is 108 Å². The first-order valence-corrected chi connectivity index (χ1v) is 6.41. The molecule has 0 radical (unpaired) electrons. The highest BCUT2D eigenvalue weighted by molar-refractivity contribution is 5.56. The highest BCUT2D eigenvalue weighted by Crippen LogP contribution is 2.26. The average Bonchev–Trinajstić information content (AvgIpc) is 2.88. The molecule has 92 valence electrons. The zero-order chi connectivity index (χ0) is 12.5. The number of hydrogen-bond donors (Lipinski definition) is 0. The second-order valence-corrected chi connectivity index (χ2v) is 4.78. The van der Waals surface area contributed by atoms with E-state index in [0.717, 1.165) is 30.2 Å². The molecular weight excluding hydrogens is 222 g/mol. The fourth-order valence-corrected chi connectivity index (χ4v) is 2.52. The van der Waals surface area contributed by atoms with Gasteiger partial charge in [-0.2, -0.15) is 0 Å². The van der Waals surface area contributed by atoms with Gasteiger partial charge in [-0.3, -0.25) is 0 Å². The van der Waals surface area contributed by atoms with Crippen molar-refractivity contribution < 1.29 is 0 Å². The van der Waals surface area contributed by atoms with Crippen LogP contribution in [-0.2, 0) is 12.8 Å². The Kier molecular flexibility index (Phi) is 2.74. The molecule has 18 heavy (non-hydrogen) atoms. The van der Waals surface area contributed by atoms with Gasteiger partial charge < -0.3 is 4.90 Å². The van der Waals surface area contributed by atoms with E-state index in [9.17, 15) is 0 Å². The van der Waals surface area contributed by atoms with E-state index in [1.54, 1.807) is 0 Å². The Morgan fingerprint density at radius 2 is 1.83 bits per heavy atom. The molecule has 0 unspecified atom stereocenters. The molecule has 0 aliphatic heterocycles. The van der Waals surface area contributed by atoms with Gasteiger partial charge in [-0.25, -0.2) is 9.97 Å². The second-order valence-electron chi connectivity index (χ2n) is 4.78. The first-order chi connectivity index (χ1) is 8.75. The number of fused-ring (bicyclic) bond motifs is 1. The van der Waals surface area contributed by atoms with Crippen molar-refractivity contribution in [2.24, 2.45) is 0 Å². The SMILES string of the molecule is Cc1nc(N(C)c2ccccc2)nc2c1CCC2. The van der Waals surface area contributed by atoms with Crippen LogP contribution in [-0.4, -0.2) is 17.0 Å². The number of para-hydroxylation sites is 1. The van der Waals surface area contributed by atoms with Crippen LogP contribution >= 0.6 is 0 Å². The van der Waals surface area contributed by atoms with Crippen LogP contribution in [0.25, 0.3) is 0 Å². The van der Waals surface area contributed by atoms with Gasteiger partial charge in [-0.1, -0.05) is 18.2 Å². The number of rotatable bonds is 2. The monoisotopic (exact) mass is 239 g/mol. The van der Waals surface area contributed by atoms with Gasteiger partial charge in [0.2, 0.25) is 5.95 Å². The van der Waals surface area contributed by atoms with Crippen LogP contribution in [0.5, 0.6) is 0 Å². The van der Waals surface area contributed by atoms with E-state index in [2.05, 4.69) is 24.0 Å². The first-order valence-electron chi connectivity index (χ1n) is 6.41. The van der Waals surface area contributed by atoms with Crippen LogP contribution in [0.4, 0.5) is 11.6 Å². The third-order valence-electron chi connectivity index (χ3n) is 3.57. The number of hydrogen-bond acceptors (Lipinski definition) is 3. The smallest absolute Gasteiger partial charge is 0.230 e. The summed E-state index contributed by atoms with van der Waals surface area (Å²) in [5.41, 5.74) is 4.85. The molecule has 2 aromatic rings. The summed E-state index contributed by atoms with van der Waals surface area (Å²) in [5.74, 6) is 0.805. The Morgan fingerprint density at radius 3 is 2.61 bits per heavy atom. The van der Waals surface area contributed by atoms with Gasteiger partial charge in [0, 0.05) is 24.1 Å². The summed E-state index contributed by atoms with van der Waals surface area (Å²) in [4.78, 5) is 11.4. The van der Waals surface area contributed by atoms with Crippen LogP contribution in [0.1, 0.15) is 23.4 Å². The fraction of sp³-hybridized carbons (Fsp3) is 0.333. The molecule has 1 heterocycles. The van der Waals surface area contributed by atoms with Crippen molar-refractivity contribution in [2.45, 2.75) is 26.2 Å². The minimum atomic E-state index is 0.805. The highest BCUT2D eigenvalue weighted by atomic mass is 15.2. The highest BCUT2D eigenvalue weighted by Gasteiger charge is 2.18. The van der Waals surface area contributed by atoms with Gasteiger partial charge in [0.15, 0.2) is 0 Å². The summed E-state index contributed by atoms with van der Waals surface area (Å²) < 4.78 is 0. The quantitative estimate of drug-likeness (QED) is 0.806. The molecule has 0 spiro atoms. The van der Waals surface area contributed by atoms with Crippen molar-refractivity contribution in [2.75, 3.05) is 11.9 Å². The average molecular weight is 239 g/mol. The zero-order valence-electron chi connectivity index (χ0n) is 10.8. The molecule has 0 saturated carbocycles. The Bertz CT molecular complexity index is 563. The molecule has 1 aliphatic rings. The summed E-state index contributed by atoms with van der Waals surface area (Å²) >= 11 is 0. The maximum absolute atomic E-state index is 4.71. The zero-order valence-corrected chi connectivity index (χ0v) is 10.8. The van der Waals surface area contributed by atoms with E-state index in [0.29, 0.717) is 0 Å². The maximum atomic E-state index is 4.71. The molecule has 0 N–H and O–H groups in total. The molecule has 0 fully saturated rings.